The first-order valence-corrected chi connectivity index (χ1v) is 7.01. The van der Waals surface area contributed by atoms with E-state index in [-0.39, 0.29) is 6.10 Å². The van der Waals surface area contributed by atoms with E-state index < -0.39 is 5.60 Å². The van der Waals surface area contributed by atoms with Crippen molar-refractivity contribution in [2.45, 2.75) is 65.1 Å². The van der Waals surface area contributed by atoms with Gasteiger partial charge in [0.2, 0.25) is 0 Å². The molecule has 0 aromatic heterocycles. The average Bonchev–Trinajstić information content (AvgIpc) is 2.29. The van der Waals surface area contributed by atoms with E-state index in [1.165, 1.54) is 0 Å². The van der Waals surface area contributed by atoms with Crippen LogP contribution in [-0.4, -0.2) is 11.2 Å². The Morgan fingerprint density at radius 1 is 1.06 bits per heavy atom. The van der Waals surface area contributed by atoms with Gasteiger partial charge in [-0.05, 0) is 44.4 Å². The quantitative estimate of drug-likeness (QED) is 0.783. The zero-order chi connectivity index (χ0) is 13.6. The zero-order valence-electron chi connectivity index (χ0n) is 12.1. The van der Waals surface area contributed by atoms with Crippen LogP contribution in [0.1, 0.15) is 58.9 Å². The second kappa shape index (κ2) is 6.79. The maximum absolute atomic E-state index is 10.7. The molecular formula is C16H26O2. The van der Waals surface area contributed by atoms with Crippen LogP contribution in [0.3, 0.4) is 0 Å². The Bertz CT molecular complexity index is 335. The lowest BCUT2D eigenvalue weighted by molar-refractivity contribution is 0.0169. The minimum atomic E-state index is -0.681. The third-order valence-electron chi connectivity index (χ3n) is 3.09. The molecule has 1 aromatic carbocycles. The number of hydrogen-bond acceptors (Lipinski definition) is 2. The smallest absolute Gasteiger partial charge is 0.119 e. The van der Waals surface area contributed by atoms with Crippen molar-refractivity contribution >= 4 is 0 Å². The lowest BCUT2D eigenvalue weighted by Crippen LogP contribution is -2.25. The Morgan fingerprint density at radius 3 is 1.94 bits per heavy atom. The summed E-state index contributed by atoms with van der Waals surface area (Å²) in [5.41, 5.74) is 0.321. The van der Waals surface area contributed by atoms with E-state index in [2.05, 4.69) is 13.8 Å². The molecule has 0 fully saturated rings. The van der Waals surface area contributed by atoms with E-state index in [1.54, 1.807) is 0 Å². The predicted molar refractivity (Wildman–Crippen MR) is 75.9 cm³/mol. The number of rotatable bonds is 7. The summed E-state index contributed by atoms with van der Waals surface area (Å²) in [5.74, 6) is 0.865. The van der Waals surface area contributed by atoms with Gasteiger partial charge in [-0.1, -0.05) is 38.8 Å². The predicted octanol–water partition coefficient (Wildman–Crippen LogP) is 4.26. The molecule has 0 spiro atoms. The van der Waals surface area contributed by atoms with Gasteiger partial charge in [0, 0.05) is 0 Å². The molecule has 0 aliphatic rings. The molecule has 102 valence electrons. The van der Waals surface area contributed by atoms with Crippen molar-refractivity contribution in [3.63, 3.8) is 0 Å². The summed E-state index contributed by atoms with van der Waals surface area (Å²) >= 11 is 0. The summed E-state index contributed by atoms with van der Waals surface area (Å²) in [4.78, 5) is 0. The Morgan fingerprint density at radius 2 is 1.56 bits per heavy atom. The molecule has 1 aromatic rings. The standard InChI is InChI=1S/C16H26O2/c1-5-11-16(17,12-6-2)14-7-9-15(10-8-14)18-13(3)4/h7-10,13,17H,5-6,11-12H2,1-4H3. The molecule has 0 unspecified atom stereocenters. The molecule has 0 atom stereocenters. The Labute approximate surface area is 111 Å². The largest absolute Gasteiger partial charge is 0.491 e. The van der Waals surface area contributed by atoms with Gasteiger partial charge in [-0.3, -0.25) is 0 Å². The van der Waals surface area contributed by atoms with Gasteiger partial charge in [0.25, 0.3) is 0 Å². The molecule has 1 rings (SSSR count). The van der Waals surface area contributed by atoms with Crippen molar-refractivity contribution in [3.05, 3.63) is 29.8 Å². The number of ether oxygens (including phenoxy) is 1. The number of hydrogen-bond donors (Lipinski definition) is 1. The summed E-state index contributed by atoms with van der Waals surface area (Å²) in [7, 11) is 0. The molecule has 0 radical (unpaired) electrons. The molecule has 1 N–H and O–H groups in total. The first-order valence-electron chi connectivity index (χ1n) is 7.01. The van der Waals surface area contributed by atoms with Gasteiger partial charge in [-0.2, -0.15) is 0 Å². The van der Waals surface area contributed by atoms with E-state index >= 15 is 0 Å². The molecule has 0 aliphatic carbocycles. The van der Waals surface area contributed by atoms with Crippen molar-refractivity contribution in [1.82, 2.24) is 0 Å². The molecule has 0 aliphatic heterocycles. The first-order chi connectivity index (χ1) is 8.51. The van der Waals surface area contributed by atoms with Crippen LogP contribution in [0, 0.1) is 0 Å². The fraction of sp³-hybridized carbons (Fsp3) is 0.625. The van der Waals surface area contributed by atoms with Crippen LogP contribution in [0.5, 0.6) is 5.75 Å². The van der Waals surface area contributed by atoms with Crippen molar-refractivity contribution in [2.75, 3.05) is 0 Å². The van der Waals surface area contributed by atoms with E-state index in [4.69, 9.17) is 4.74 Å². The normalized spacial score (nSPS) is 11.9. The highest BCUT2D eigenvalue weighted by Crippen LogP contribution is 2.32. The molecule has 18 heavy (non-hydrogen) atoms. The average molecular weight is 250 g/mol. The second-order valence-electron chi connectivity index (χ2n) is 5.22. The fourth-order valence-corrected chi connectivity index (χ4v) is 2.36. The summed E-state index contributed by atoms with van der Waals surface area (Å²) in [5, 5.41) is 10.7. The van der Waals surface area contributed by atoms with Crippen molar-refractivity contribution in [3.8, 4) is 5.75 Å². The minimum Gasteiger partial charge on any atom is -0.491 e. The molecule has 0 bridgehead atoms. The Hall–Kier alpha value is -1.02. The van der Waals surface area contributed by atoms with E-state index in [0.29, 0.717) is 0 Å². The third-order valence-corrected chi connectivity index (χ3v) is 3.09. The topological polar surface area (TPSA) is 29.5 Å². The molecule has 0 amide bonds. The maximum Gasteiger partial charge on any atom is 0.119 e. The van der Waals surface area contributed by atoms with Crippen LogP contribution in [0.2, 0.25) is 0 Å². The highest BCUT2D eigenvalue weighted by molar-refractivity contribution is 5.31. The van der Waals surface area contributed by atoms with Crippen LogP contribution >= 0.6 is 0 Å². The molecule has 0 saturated carbocycles. The van der Waals surface area contributed by atoms with Gasteiger partial charge in [0.05, 0.1) is 11.7 Å². The van der Waals surface area contributed by atoms with Gasteiger partial charge < -0.3 is 9.84 Å². The van der Waals surface area contributed by atoms with Gasteiger partial charge in [-0.25, -0.2) is 0 Å². The van der Waals surface area contributed by atoms with Gasteiger partial charge in [-0.15, -0.1) is 0 Å². The molecule has 2 heteroatoms. The van der Waals surface area contributed by atoms with Crippen LogP contribution < -0.4 is 4.74 Å². The minimum absolute atomic E-state index is 0.181. The van der Waals surface area contributed by atoms with Crippen LogP contribution in [0.15, 0.2) is 24.3 Å². The van der Waals surface area contributed by atoms with Crippen LogP contribution in [0.4, 0.5) is 0 Å². The van der Waals surface area contributed by atoms with Crippen molar-refractivity contribution in [2.24, 2.45) is 0 Å². The zero-order valence-corrected chi connectivity index (χ0v) is 12.1. The Kier molecular flexibility index (Phi) is 5.67. The van der Waals surface area contributed by atoms with Crippen LogP contribution in [0.25, 0.3) is 0 Å². The van der Waals surface area contributed by atoms with Gasteiger partial charge in [0.15, 0.2) is 0 Å². The SMILES string of the molecule is CCCC(O)(CCC)c1ccc(OC(C)C)cc1. The van der Waals surface area contributed by atoms with Crippen molar-refractivity contribution in [1.29, 1.82) is 0 Å². The number of aliphatic hydroxyl groups is 1. The summed E-state index contributed by atoms with van der Waals surface area (Å²) in [6.07, 6.45) is 3.78. The molecule has 0 heterocycles. The van der Waals surface area contributed by atoms with E-state index in [0.717, 1.165) is 37.0 Å². The van der Waals surface area contributed by atoms with Crippen LogP contribution in [-0.2, 0) is 5.60 Å². The Balaban J connectivity index is 2.86. The lowest BCUT2D eigenvalue weighted by atomic mass is 9.85. The maximum atomic E-state index is 10.7. The monoisotopic (exact) mass is 250 g/mol. The summed E-state index contributed by atoms with van der Waals surface area (Å²) in [6.45, 7) is 8.24. The first kappa shape index (κ1) is 15.0. The van der Waals surface area contributed by atoms with E-state index in [9.17, 15) is 5.11 Å². The second-order valence-corrected chi connectivity index (χ2v) is 5.22. The summed E-state index contributed by atoms with van der Waals surface area (Å²) < 4.78 is 5.62. The van der Waals surface area contributed by atoms with Crippen molar-refractivity contribution < 1.29 is 9.84 Å². The number of benzene rings is 1. The molecular weight excluding hydrogens is 224 g/mol. The molecule has 2 nitrogen and oxygen atoms in total. The molecule has 0 saturated heterocycles. The highest BCUT2D eigenvalue weighted by Gasteiger charge is 2.26. The van der Waals surface area contributed by atoms with Gasteiger partial charge in [0.1, 0.15) is 5.75 Å². The highest BCUT2D eigenvalue weighted by atomic mass is 16.5. The van der Waals surface area contributed by atoms with E-state index in [1.807, 2.05) is 38.1 Å². The summed E-state index contributed by atoms with van der Waals surface area (Å²) in [6, 6.07) is 7.88. The fourth-order valence-electron chi connectivity index (χ4n) is 2.36. The third kappa shape index (κ3) is 4.02. The van der Waals surface area contributed by atoms with Gasteiger partial charge >= 0.3 is 0 Å². The lowest BCUT2D eigenvalue weighted by Gasteiger charge is -2.28.